The molecule has 0 saturated heterocycles. The molecular weight excluding hydrogens is 222 g/mol. The van der Waals surface area contributed by atoms with E-state index in [1.54, 1.807) is 6.92 Å². The standard InChI is InChI=1S/C10H19NO2.C2H4O2/c1-6-11(7-2)9(5)13-10(12)8(3)4;1-2(3)4/h9H,3,6-7H2,1-2,4-5H3;1H3,(H,3,4). The second kappa shape index (κ2) is 9.84. The van der Waals surface area contributed by atoms with Crippen LogP contribution in [0.3, 0.4) is 0 Å². The summed E-state index contributed by atoms with van der Waals surface area (Å²) in [4.78, 5) is 22.2. The van der Waals surface area contributed by atoms with Gasteiger partial charge in [0.15, 0.2) is 6.23 Å². The number of rotatable bonds is 5. The molecule has 5 heteroatoms. The van der Waals surface area contributed by atoms with Crippen LogP contribution in [0.1, 0.15) is 34.6 Å². The number of carbonyl (C=O) groups excluding carboxylic acids is 1. The first-order valence-corrected chi connectivity index (χ1v) is 5.56. The zero-order valence-corrected chi connectivity index (χ0v) is 11.3. The van der Waals surface area contributed by atoms with Crippen LogP contribution < -0.4 is 0 Å². The fourth-order valence-electron chi connectivity index (χ4n) is 1.07. The lowest BCUT2D eigenvalue weighted by Gasteiger charge is -2.25. The van der Waals surface area contributed by atoms with Crippen molar-refractivity contribution in [3.05, 3.63) is 12.2 Å². The van der Waals surface area contributed by atoms with Crippen LogP contribution in [0.15, 0.2) is 12.2 Å². The Morgan fingerprint density at radius 1 is 1.29 bits per heavy atom. The lowest BCUT2D eigenvalue weighted by Crippen LogP contribution is -2.36. The van der Waals surface area contributed by atoms with E-state index in [0.29, 0.717) is 5.57 Å². The van der Waals surface area contributed by atoms with E-state index in [4.69, 9.17) is 14.6 Å². The molecule has 5 nitrogen and oxygen atoms in total. The van der Waals surface area contributed by atoms with Crippen molar-refractivity contribution in [3.8, 4) is 0 Å². The normalized spacial score (nSPS) is 11.2. The Morgan fingerprint density at radius 3 is 1.88 bits per heavy atom. The van der Waals surface area contributed by atoms with Gasteiger partial charge in [0.1, 0.15) is 0 Å². The summed E-state index contributed by atoms with van der Waals surface area (Å²) >= 11 is 0. The average Bonchev–Trinajstić information content (AvgIpc) is 2.18. The predicted octanol–water partition coefficient (Wildman–Crippen LogP) is 1.88. The topological polar surface area (TPSA) is 66.8 Å². The molecule has 1 atom stereocenters. The number of carboxylic acid groups (broad SMARTS) is 1. The van der Waals surface area contributed by atoms with E-state index in [2.05, 4.69) is 11.5 Å². The second-order valence-corrected chi connectivity index (χ2v) is 3.53. The van der Waals surface area contributed by atoms with Crippen LogP contribution in [-0.4, -0.2) is 41.3 Å². The van der Waals surface area contributed by atoms with E-state index < -0.39 is 5.97 Å². The van der Waals surface area contributed by atoms with Gasteiger partial charge in [0.2, 0.25) is 0 Å². The van der Waals surface area contributed by atoms with E-state index in [9.17, 15) is 4.79 Å². The highest BCUT2D eigenvalue weighted by molar-refractivity contribution is 5.87. The third-order valence-corrected chi connectivity index (χ3v) is 1.95. The molecule has 17 heavy (non-hydrogen) atoms. The van der Waals surface area contributed by atoms with Crippen LogP contribution in [0.25, 0.3) is 0 Å². The fraction of sp³-hybridized carbons (Fsp3) is 0.667. The molecule has 0 spiro atoms. The van der Waals surface area contributed by atoms with Gasteiger partial charge in [0, 0.05) is 12.5 Å². The molecular formula is C12H23NO4. The highest BCUT2D eigenvalue weighted by Crippen LogP contribution is 2.03. The number of nitrogens with zero attached hydrogens (tertiary/aromatic N) is 1. The quantitative estimate of drug-likeness (QED) is 0.455. The lowest BCUT2D eigenvalue weighted by atomic mass is 10.3. The molecule has 100 valence electrons. The van der Waals surface area contributed by atoms with Crippen molar-refractivity contribution < 1.29 is 19.4 Å². The summed E-state index contributed by atoms with van der Waals surface area (Å²) in [5.41, 5.74) is 0.444. The molecule has 0 aromatic heterocycles. The number of ether oxygens (including phenoxy) is 1. The first-order chi connectivity index (χ1) is 7.76. The summed E-state index contributed by atoms with van der Waals surface area (Å²) < 4.78 is 5.14. The molecule has 0 heterocycles. The van der Waals surface area contributed by atoms with Crippen LogP contribution in [0.5, 0.6) is 0 Å². The molecule has 1 N–H and O–H groups in total. The Morgan fingerprint density at radius 2 is 1.65 bits per heavy atom. The summed E-state index contributed by atoms with van der Waals surface area (Å²) in [7, 11) is 0. The van der Waals surface area contributed by atoms with Crippen LogP contribution in [-0.2, 0) is 14.3 Å². The van der Waals surface area contributed by atoms with E-state index in [1.165, 1.54) is 0 Å². The highest BCUT2D eigenvalue weighted by atomic mass is 16.6. The third kappa shape index (κ3) is 10.9. The molecule has 0 amide bonds. The average molecular weight is 245 g/mol. The molecule has 0 radical (unpaired) electrons. The Labute approximate surface area is 103 Å². The number of aliphatic carboxylic acids is 1. The maximum absolute atomic E-state index is 11.1. The van der Waals surface area contributed by atoms with Crippen LogP contribution in [0.2, 0.25) is 0 Å². The van der Waals surface area contributed by atoms with E-state index >= 15 is 0 Å². The fourth-order valence-corrected chi connectivity index (χ4v) is 1.07. The number of esters is 1. The summed E-state index contributed by atoms with van der Waals surface area (Å²) in [6.45, 7) is 14.0. The van der Waals surface area contributed by atoms with E-state index in [0.717, 1.165) is 20.0 Å². The SMILES string of the molecule is C=C(C)C(=O)OC(C)N(CC)CC.CC(=O)O. The largest absolute Gasteiger partial charge is 0.481 e. The minimum atomic E-state index is -0.833. The summed E-state index contributed by atoms with van der Waals surface area (Å²) in [6, 6.07) is 0. The number of hydrogen-bond donors (Lipinski definition) is 1. The Hall–Kier alpha value is -1.36. The maximum Gasteiger partial charge on any atom is 0.334 e. The van der Waals surface area contributed by atoms with Crippen molar-refractivity contribution >= 4 is 11.9 Å². The van der Waals surface area contributed by atoms with Crippen molar-refractivity contribution in [1.82, 2.24) is 4.90 Å². The van der Waals surface area contributed by atoms with E-state index in [1.807, 2.05) is 20.8 Å². The molecule has 0 bridgehead atoms. The van der Waals surface area contributed by atoms with Gasteiger partial charge in [-0.05, 0) is 26.9 Å². The lowest BCUT2D eigenvalue weighted by molar-refractivity contribution is -0.152. The molecule has 0 aliphatic heterocycles. The zero-order valence-electron chi connectivity index (χ0n) is 11.3. The van der Waals surface area contributed by atoms with Gasteiger partial charge in [-0.2, -0.15) is 0 Å². The maximum atomic E-state index is 11.1. The highest BCUT2D eigenvalue weighted by Gasteiger charge is 2.14. The first kappa shape index (κ1) is 18.0. The predicted molar refractivity (Wildman–Crippen MR) is 66.6 cm³/mol. The van der Waals surface area contributed by atoms with Crippen LogP contribution >= 0.6 is 0 Å². The van der Waals surface area contributed by atoms with Gasteiger partial charge in [-0.25, -0.2) is 4.79 Å². The molecule has 0 aromatic carbocycles. The third-order valence-electron chi connectivity index (χ3n) is 1.95. The Balaban J connectivity index is 0. The van der Waals surface area contributed by atoms with Crippen molar-refractivity contribution in [3.63, 3.8) is 0 Å². The van der Waals surface area contributed by atoms with Crippen molar-refractivity contribution in [1.29, 1.82) is 0 Å². The molecule has 0 saturated carbocycles. The Kier molecular flexibility index (Phi) is 10.4. The summed E-state index contributed by atoms with van der Waals surface area (Å²) in [6.07, 6.45) is -0.167. The van der Waals surface area contributed by atoms with Crippen molar-refractivity contribution in [2.24, 2.45) is 0 Å². The van der Waals surface area contributed by atoms with Gasteiger partial charge in [-0.3, -0.25) is 9.69 Å². The monoisotopic (exact) mass is 245 g/mol. The molecule has 1 unspecified atom stereocenters. The van der Waals surface area contributed by atoms with E-state index in [-0.39, 0.29) is 12.2 Å². The molecule has 0 aliphatic carbocycles. The van der Waals surface area contributed by atoms with Crippen molar-refractivity contribution in [2.75, 3.05) is 13.1 Å². The molecule has 0 aromatic rings. The zero-order chi connectivity index (χ0) is 14.0. The number of carbonyl (C=O) groups is 2. The minimum Gasteiger partial charge on any atom is -0.481 e. The van der Waals surface area contributed by atoms with Crippen LogP contribution in [0, 0.1) is 0 Å². The van der Waals surface area contributed by atoms with Gasteiger partial charge in [0.25, 0.3) is 5.97 Å². The van der Waals surface area contributed by atoms with Gasteiger partial charge >= 0.3 is 5.97 Å². The van der Waals surface area contributed by atoms with Gasteiger partial charge in [-0.15, -0.1) is 0 Å². The number of carboxylic acids is 1. The summed E-state index contributed by atoms with van der Waals surface area (Å²) in [5, 5.41) is 7.42. The van der Waals surface area contributed by atoms with Gasteiger partial charge in [0.05, 0.1) is 0 Å². The number of hydrogen-bond acceptors (Lipinski definition) is 4. The minimum absolute atomic E-state index is 0.167. The van der Waals surface area contributed by atoms with Gasteiger partial charge < -0.3 is 9.84 Å². The molecule has 0 aliphatic rings. The van der Waals surface area contributed by atoms with Crippen molar-refractivity contribution in [2.45, 2.75) is 40.8 Å². The first-order valence-electron chi connectivity index (χ1n) is 5.56. The second-order valence-electron chi connectivity index (χ2n) is 3.53. The van der Waals surface area contributed by atoms with Crippen LogP contribution in [0.4, 0.5) is 0 Å². The summed E-state index contributed by atoms with van der Waals surface area (Å²) in [5.74, 6) is -1.15. The molecule has 0 rings (SSSR count). The smallest absolute Gasteiger partial charge is 0.334 e. The van der Waals surface area contributed by atoms with Gasteiger partial charge in [-0.1, -0.05) is 20.4 Å². The Bertz CT molecular complexity index is 255. The molecule has 0 fully saturated rings.